The summed E-state index contributed by atoms with van der Waals surface area (Å²) in [6.07, 6.45) is 5.30. The van der Waals surface area contributed by atoms with Gasteiger partial charge in [0, 0.05) is 11.1 Å². The molecule has 0 saturated heterocycles. The Morgan fingerprint density at radius 3 is 2.69 bits per heavy atom. The Morgan fingerprint density at radius 1 is 1.56 bits per heavy atom. The van der Waals surface area contributed by atoms with Gasteiger partial charge in [-0.15, -0.1) is 6.42 Å². The lowest BCUT2D eigenvalue weighted by atomic mass is 10.1. The predicted molar refractivity (Wildman–Crippen MR) is 64.6 cm³/mol. The van der Waals surface area contributed by atoms with Gasteiger partial charge in [0.2, 0.25) is 0 Å². The number of nitro groups is 1. The second kappa shape index (κ2) is 4.42. The molecule has 0 bridgehead atoms. The van der Waals surface area contributed by atoms with Crippen molar-refractivity contribution in [2.45, 2.75) is 19.4 Å². The zero-order chi connectivity index (χ0) is 12.3. The van der Waals surface area contributed by atoms with E-state index in [2.05, 4.69) is 11.2 Å². The summed E-state index contributed by atoms with van der Waals surface area (Å²) in [6, 6.07) is 4.40. The molecule has 1 aromatic rings. The second-order valence-electron chi connectivity index (χ2n) is 3.81. The van der Waals surface area contributed by atoms with E-state index in [1.54, 1.807) is 26.0 Å². The van der Waals surface area contributed by atoms with Crippen molar-refractivity contribution < 1.29 is 4.92 Å². The molecule has 0 aliphatic rings. The minimum absolute atomic E-state index is 0.0872. The third kappa shape index (κ3) is 2.88. The maximum atomic E-state index is 10.8. The Balaban J connectivity index is 3.15. The van der Waals surface area contributed by atoms with Crippen molar-refractivity contribution in [2.75, 3.05) is 5.32 Å². The first-order valence-electron chi connectivity index (χ1n) is 4.55. The molecule has 0 unspecified atom stereocenters. The summed E-state index contributed by atoms with van der Waals surface area (Å²) in [6.45, 7) is 3.51. The van der Waals surface area contributed by atoms with Crippen LogP contribution < -0.4 is 5.32 Å². The Bertz CT molecular complexity index is 464. The zero-order valence-corrected chi connectivity index (χ0v) is 9.71. The maximum Gasteiger partial charge on any atom is 0.293 e. The fourth-order valence-corrected chi connectivity index (χ4v) is 1.30. The fraction of sp³-hybridized carbons (Fsp3) is 0.273. The largest absolute Gasteiger partial charge is 0.364 e. The van der Waals surface area contributed by atoms with Gasteiger partial charge in [-0.1, -0.05) is 17.5 Å². The van der Waals surface area contributed by atoms with Gasteiger partial charge in [-0.05, 0) is 26.0 Å². The summed E-state index contributed by atoms with van der Waals surface area (Å²) >= 11 is 5.69. The Labute approximate surface area is 98.8 Å². The highest BCUT2D eigenvalue weighted by Gasteiger charge is 2.20. The lowest BCUT2D eigenvalue weighted by Crippen LogP contribution is -2.28. The average molecular weight is 239 g/mol. The molecule has 0 radical (unpaired) electrons. The number of nitro benzene ring substituents is 1. The summed E-state index contributed by atoms with van der Waals surface area (Å²) in [7, 11) is 0. The molecule has 1 aromatic carbocycles. The Hall–Kier alpha value is -1.73. The zero-order valence-electron chi connectivity index (χ0n) is 8.95. The second-order valence-corrected chi connectivity index (χ2v) is 4.25. The van der Waals surface area contributed by atoms with Crippen molar-refractivity contribution in [1.29, 1.82) is 0 Å². The molecular formula is C11H11ClN2O2. The van der Waals surface area contributed by atoms with E-state index in [9.17, 15) is 10.1 Å². The molecule has 1 rings (SSSR count). The third-order valence-corrected chi connectivity index (χ3v) is 2.20. The minimum atomic E-state index is -0.654. The first-order valence-corrected chi connectivity index (χ1v) is 4.93. The van der Waals surface area contributed by atoms with Gasteiger partial charge in [0.05, 0.1) is 10.5 Å². The van der Waals surface area contributed by atoms with E-state index in [1.165, 1.54) is 6.07 Å². The summed E-state index contributed by atoms with van der Waals surface area (Å²) in [5.41, 5.74) is -0.383. The number of benzene rings is 1. The fourth-order valence-electron chi connectivity index (χ4n) is 1.13. The molecule has 0 fully saturated rings. The molecule has 0 saturated carbocycles. The van der Waals surface area contributed by atoms with Gasteiger partial charge in [0.15, 0.2) is 0 Å². The van der Waals surface area contributed by atoms with Crippen LogP contribution in [0.1, 0.15) is 13.8 Å². The van der Waals surface area contributed by atoms with E-state index in [-0.39, 0.29) is 5.69 Å². The van der Waals surface area contributed by atoms with E-state index in [0.717, 1.165) is 0 Å². The molecule has 84 valence electrons. The molecule has 1 N–H and O–H groups in total. The summed E-state index contributed by atoms with van der Waals surface area (Å²) in [4.78, 5) is 10.3. The number of hydrogen-bond acceptors (Lipinski definition) is 3. The van der Waals surface area contributed by atoms with Crippen molar-refractivity contribution in [2.24, 2.45) is 0 Å². The third-order valence-electron chi connectivity index (χ3n) is 1.96. The van der Waals surface area contributed by atoms with Gasteiger partial charge < -0.3 is 5.32 Å². The van der Waals surface area contributed by atoms with Crippen LogP contribution in [-0.2, 0) is 0 Å². The molecule has 16 heavy (non-hydrogen) atoms. The van der Waals surface area contributed by atoms with Crippen molar-refractivity contribution >= 4 is 23.0 Å². The van der Waals surface area contributed by atoms with Gasteiger partial charge >= 0.3 is 0 Å². The number of halogens is 1. The van der Waals surface area contributed by atoms with Gasteiger partial charge in [-0.2, -0.15) is 0 Å². The summed E-state index contributed by atoms with van der Waals surface area (Å²) in [5, 5.41) is 14.0. The highest BCUT2D eigenvalue weighted by atomic mass is 35.5. The molecule has 0 aliphatic heterocycles. The number of rotatable bonds is 3. The van der Waals surface area contributed by atoms with Crippen LogP contribution >= 0.6 is 11.6 Å². The van der Waals surface area contributed by atoms with E-state index >= 15 is 0 Å². The average Bonchev–Trinajstić information content (AvgIpc) is 2.20. The summed E-state index contributed by atoms with van der Waals surface area (Å²) < 4.78 is 0. The quantitative estimate of drug-likeness (QED) is 0.500. The Morgan fingerprint density at radius 2 is 2.19 bits per heavy atom. The molecule has 0 aromatic heterocycles. The molecule has 5 heteroatoms. The van der Waals surface area contributed by atoms with Crippen LogP contribution in [0.5, 0.6) is 0 Å². The molecule has 0 spiro atoms. The van der Waals surface area contributed by atoms with Gasteiger partial charge in [0.25, 0.3) is 5.69 Å². The maximum absolute atomic E-state index is 10.8. The molecule has 0 atom stereocenters. The lowest BCUT2D eigenvalue weighted by Gasteiger charge is -2.20. The van der Waals surface area contributed by atoms with Crippen LogP contribution in [0.25, 0.3) is 0 Å². The van der Waals surface area contributed by atoms with Crippen LogP contribution in [0.3, 0.4) is 0 Å². The number of terminal acetylenes is 1. The normalized spacial score (nSPS) is 10.6. The monoisotopic (exact) mass is 238 g/mol. The van der Waals surface area contributed by atoms with E-state index in [1.807, 2.05) is 0 Å². The number of nitrogens with one attached hydrogen (secondary N) is 1. The smallest absolute Gasteiger partial charge is 0.293 e. The topological polar surface area (TPSA) is 55.2 Å². The van der Waals surface area contributed by atoms with E-state index in [4.69, 9.17) is 18.0 Å². The lowest BCUT2D eigenvalue weighted by molar-refractivity contribution is -0.384. The van der Waals surface area contributed by atoms with Crippen molar-refractivity contribution in [3.05, 3.63) is 33.3 Å². The molecular weight excluding hydrogens is 228 g/mol. The van der Waals surface area contributed by atoms with E-state index < -0.39 is 10.5 Å². The van der Waals surface area contributed by atoms with Crippen LogP contribution in [0, 0.1) is 22.5 Å². The first-order chi connectivity index (χ1) is 7.35. The first kappa shape index (κ1) is 12.3. The molecule has 0 aliphatic carbocycles. The van der Waals surface area contributed by atoms with Gasteiger partial charge in [-0.25, -0.2) is 0 Å². The van der Waals surface area contributed by atoms with Crippen LogP contribution in [0.4, 0.5) is 11.4 Å². The number of hydrogen-bond donors (Lipinski definition) is 1. The predicted octanol–water partition coefficient (Wildman–Crippen LogP) is 3.07. The van der Waals surface area contributed by atoms with Crippen molar-refractivity contribution in [3.63, 3.8) is 0 Å². The highest BCUT2D eigenvalue weighted by molar-refractivity contribution is 6.30. The van der Waals surface area contributed by atoms with Gasteiger partial charge in [0.1, 0.15) is 5.69 Å². The van der Waals surface area contributed by atoms with Crippen LogP contribution in [0.15, 0.2) is 18.2 Å². The van der Waals surface area contributed by atoms with Gasteiger partial charge in [-0.3, -0.25) is 10.1 Å². The van der Waals surface area contributed by atoms with Crippen molar-refractivity contribution in [1.82, 2.24) is 0 Å². The Kier molecular flexibility index (Phi) is 3.41. The summed E-state index contributed by atoms with van der Waals surface area (Å²) in [5.74, 6) is 2.50. The van der Waals surface area contributed by atoms with Crippen LogP contribution in [0.2, 0.25) is 5.02 Å². The van der Waals surface area contributed by atoms with Crippen molar-refractivity contribution in [3.8, 4) is 12.3 Å². The van der Waals surface area contributed by atoms with E-state index in [0.29, 0.717) is 10.7 Å². The van der Waals surface area contributed by atoms with Crippen LogP contribution in [-0.4, -0.2) is 10.5 Å². The highest BCUT2D eigenvalue weighted by Crippen LogP contribution is 2.29. The molecule has 0 amide bonds. The molecule has 0 heterocycles. The number of nitrogens with zero attached hydrogens (tertiary/aromatic N) is 1. The SMILES string of the molecule is C#CC(C)(C)Nc1ccc(Cl)cc1[N+](=O)[O-]. The standard InChI is InChI=1S/C11H11ClN2O2/c1-4-11(2,3)13-9-6-5-8(12)7-10(9)14(15)16/h1,5-7,13H,2-3H3. The minimum Gasteiger partial charge on any atom is -0.364 e. The number of anilines is 1. The molecule has 4 nitrogen and oxygen atoms in total.